The van der Waals surface area contributed by atoms with Crippen LogP contribution in [0.5, 0.6) is 0 Å². The Labute approximate surface area is 228 Å². The molecule has 1 aliphatic carbocycles. The predicted molar refractivity (Wildman–Crippen MR) is 153 cm³/mol. The number of rotatable bonds is 5. The molecule has 37 heavy (non-hydrogen) atoms. The van der Waals surface area contributed by atoms with Gasteiger partial charge in [-0.3, -0.25) is 14.4 Å². The molecule has 0 radical (unpaired) electrons. The summed E-state index contributed by atoms with van der Waals surface area (Å²) in [6.45, 7) is 24.5. The largest absolute Gasteiger partial charge is 0.454 e. The first-order chi connectivity index (χ1) is 16.7. The average Bonchev–Trinajstić information content (AvgIpc) is 3.36. The fourth-order valence-corrected chi connectivity index (χ4v) is 8.45. The van der Waals surface area contributed by atoms with E-state index < -0.39 is 40.2 Å². The van der Waals surface area contributed by atoms with E-state index in [4.69, 9.17) is 13.6 Å². The van der Waals surface area contributed by atoms with Crippen molar-refractivity contribution in [2.24, 2.45) is 28.6 Å². The van der Waals surface area contributed by atoms with E-state index in [9.17, 15) is 14.4 Å². The molecular formula is C29H54O6Si2. The normalized spacial score (nSPS) is 36.4. The second kappa shape index (κ2) is 11.7. The average molecular weight is 555 g/mol. The van der Waals surface area contributed by atoms with E-state index in [-0.39, 0.29) is 41.3 Å². The van der Waals surface area contributed by atoms with Crippen LogP contribution in [0.4, 0.5) is 0 Å². The Bertz CT molecular complexity index is 842. The maximum absolute atomic E-state index is 14.2. The molecule has 1 heterocycles. The van der Waals surface area contributed by atoms with E-state index in [1.165, 1.54) is 6.92 Å². The number of ether oxygens (including phenoxy) is 1. The van der Waals surface area contributed by atoms with Gasteiger partial charge in [-0.05, 0) is 89.1 Å². The molecule has 8 heteroatoms. The first-order valence-electron chi connectivity index (χ1n) is 14.3. The molecule has 2 rings (SSSR count). The third kappa shape index (κ3) is 9.11. The molecule has 1 saturated heterocycles. The molecule has 7 atom stereocenters. The van der Waals surface area contributed by atoms with Crippen LogP contribution in [-0.2, 0) is 28.0 Å². The first kappa shape index (κ1) is 32.4. The zero-order valence-corrected chi connectivity index (χ0v) is 27.7. The van der Waals surface area contributed by atoms with Crippen molar-refractivity contribution in [3.8, 4) is 0 Å². The topological polar surface area (TPSA) is 78.9 Å². The number of fused-ring (bicyclic) bond motifs is 1. The number of hydrogen-bond acceptors (Lipinski definition) is 6. The van der Waals surface area contributed by atoms with E-state index in [1.54, 1.807) is 0 Å². The molecule has 0 bridgehead atoms. The summed E-state index contributed by atoms with van der Waals surface area (Å²) in [5.41, 5.74) is -0.740. The van der Waals surface area contributed by atoms with Gasteiger partial charge in [-0.15, -0.1) is 0 Å². The number of carbonyl (C=O) groups is 3. The third-order valence-electron chi connectivity index (χ3n) is 8.42. The van der Waals surface area contributed by atoms with Gasteiger partial charge in [-0.2, -0.15) is 0 Å². The van der Waals surface area contributed by atoms with Crippen molar-refractivity contribution in [3.05, 3.63) is 0 Å². The van der Waals surface area contributed by atoms with Crippen molar-refractivity contribution in [2.45, 2.75) is 138 Å². The van der Waals surface area contributed by atoms with E-state index in [2.05, 4.69) is 53.1 Å². The molecule has 1 aliphatic heterocycles. The molecule has 1 saturated carbocycles. The highest BCUT2D eigenvalue weighted by Gasteiger charge is 2.51. The number of hydrogen-bond donors (Lipinski definition) is 0. The van der Waals surface area contributed by atoms with Crippen LogP contribution in [0.1, 0.15) is 80.1 Å². The highest BCUT2D eigenvalue weighted by molar-refractivity contribution is 6.70. The number of cyclic esters (lactones) is 1. The monoisotopic (exact) mass is 554 g/mol. The molecular weight excluding hydrogens is 500 g/mol. The van der Waals surface area contributed by atoms with Gasteiger partial charge in [0.2, 0.25) is 0 Å². The van der Waals surface area contributed by atoms with Crippen LogP contribution in [0.25, 0.3) is 0 Å². The lowest BCUT2D eigenvalue weighted by Crippen LogP contribution is -2.51. The van der Waals surface area contributed by atoms with Crippen molar-refractivity contribution in [2.75, 3.05) is 0 Å². The molecule has 0 N–H and O–H groups in total. The van der Waals surface area contributed by atoms with Gasteiger partial charge in [0, 0.05) is 11.3 Å². The summed E-state index contributed by atoms with van der Waals surface area (Å²) >= 11 is 0. The Hall–Kier alpha value is -0.836. The van der Waals surface area contributed by atoms with E-state index >= 15 is 0 Å². The Morgan fingerprint density at radius 1 is 0.973 bits per heavy atom. The highest BCUT2D eigenvalue weighted by Crippen LogP contribution is 2.58. The number of ketones is 2. The van der Waals surface area contributed by atoms with Crippen molar-refractivity contribution >= 4 is 34.2 Å². The summed E-state index contributed by atoms with van der Waals surface area (Å²) in [7, 11) is -4.03. The second-order valence-corrected chi connectivity index (χ2v) is 23.7. The molecule has 0 aromatic carbocycles. The van der Waals surface area contributed by atoms with Gasteiger partial charge in [0.05, 0.1) is 18.6 Å². The van der Waals surface area contributed by atoms with Gasteiger partial charge in [0.1, 0.15) is 5.78 Å². The molecule has 2 fully saturated rings. The smallest absolute Gasteiger partial charge is 0.309 e. The van der Waals surface area contributed by atoms with Gasteiger partial charge >= 0.3 is 5.97 Å². The molecule has 1 unspecified atom stereocenters. The quantitative estimate of drug-likeness (QED) is 0.275. The Kier molecular flexibility index (Phi) is 10.3. The lowest BCUT2D eigenvalue weighted by Gasteiger charge is -2.41. The van der Waals surface area contributed by atoms with Gasteiger partial charge in [0.15, 0.2) is 28.5 Å². The fourth-order valence-electron chi connectivity index (χ4n) is 5.97. The van der Waals surface area contributed by atoms with Crippen LogP contribution in [0.3, 0.4) is 0 Å². The minimum atomic E-state index is -2.11. The fraction of sp³-hybridized carbons (Fsp3) is 0.897. The van der Waals surface area contributed by atoms with Crippen LogP contribution in [0.2, 0.25) is 39.3 Å². The van der Waals surface area contributed by atoms with Crippen LogP contribution in [0, 0.1) is 28.6 Å². The molecule has 0 spiro atoms. The number of esters is 1. The summed E-state index contributed by atoms with van der Waals surface area (Å²) in [5.74, 6) is -0.227. The SMILES string of the molecule is CC(=O)[C@@H]1C[C@@H]2C[C@]2(C)CCC[C@H](C)C(O[Si](C)(C)C)[C@@H](C)C(=O)C(C)(C)[C@@H](O[Si](C)(C)C)CC(=O)O1. The summed E-state index contributed by atoms with van der Waals surface area (Å²) in [6, 6.07) is 0. The maximum atomic E-state index is 14.2. The van der Waals surface area contributed by atoms with Crippen LogP contribution in [0.15, 0.2) is 0 Å². The van der Waals surface area contributed by atoms with Crippen molar-refractivity contribution in [1.82, 2.24) is 0 Å². The van der Waals surface area contributed by atoms with Gasteiger partial charge in [-0.25, -0.2) is 0 Å². The Balaban J connectivity index is 2.47. The summed E-state index contributed by atoms with van der Waals surface area (Å²) < 4.78 is 19.0. The van der Waals surface area contributed by atoms with Crippen LogP contribution < -0.4 is 0 Å². The summed E-state index contributed by atoms with van der Waals surface area (Å²) in [5, 5.41) is 0. The zero-order chi connectivity index (χ0) is 28.6. The number of Topliss-reactive ketones (excluding diaryl/α,β-unsaturated/α-hetero) is 2. The number of carbonyl (C=O) groups excluding carboxylic acids is 3. The molecule has 6 nitrogen and oxygen atoms in total. The molecule has 0 aromatic rings. The Morgan fingerprint density at radius 2 is 1.54 bits per heavy atom. The second-order valence-electron chi connectivity index (χ2n) is 14.7. The standard InChI is InChI=1S/C29H54O6Si2/c1-19-14-13-15-29(6)18-22(29)16-23(21(3)30)33-25(31)17-24(34-36(7,8)9)28(4,5)27(32)20(2)26(19)35-37(10,11)12/h19-20,22-24,26H,13-18H2,1-12H3/t19-,20+,22+,23-,24-,26?,29-/m0/s1. The van der Waals surface area contributed by atoms with Gasteiger partial charge in [-0.1, -0.05) is 41.0 Å². The van der Waals surface area contributed by atoms with E-state index in [1.807, 2.05) is 20.8 Å². The molecule has 0 aromatic heterocycles. The molecule has 2 aliphatic rings. The maximum Gasteiger partial charge on any atom is 0.309 e. The summed E-state index contributed by atoms with van der Waals surface area (Å²) in [4.78, 5) is 39.8. The van der Waals surface area contributed by atoms with Crippen LogP contribution in [-0.4, -0.2) is 52.5 Å². The van der Waals surface area contributed by atoms with Crippen molar-refractivity contribution in [3.63, 3.8) is 0 Å². The lowest BCUT2D eigenvalue weighted by atomic mass is 9.73. The zero-order valence-electron chi connectivity index (χ0n) is 25.7. The van der Waals surface area contributed by atoms with E-state index in [0.29, 0.717) is 12.3 Å². The van der Waals surface area contributed by atoms with Crippen molar-refractivity contribution in [1.29, 1.82) is 0 Å². The predicted octanol–water partition coefficient (Wildman–Crippen LogP) is 6.79. The minimum absolute atomic E-state index is 0.0451. The summed E-state index contributed by atoms with van der Waals surface area (Å²) in [6.07, 6.45) is 3.17. The van der Waals surface area contributed by atoms with Gasteiger partial charge in [0.25, 0.3) is 0 Å². The first-order valence-corrected chi connectivity index (χ1v) is 21.1. The van der Waals surface area contributed by atoms with Gasteiger partial charge < -0.3 is 13.6 Å². The molecule has 0 amide bonds. The lowest BCUT2D eigenvalue weighted by molar-refractivity contribution is -0.159. The van der Waals surface area contributed by atoms with Crippen molar-refractivity contribution < 1.29 is 28.0 Å². The Morgan fingerprint density at radius 3 is 2.05 bits per heavy atom. The third-order valence-corrected chi connectivity index (χ3v) is 10.4. The van der Waals surface area contributed by atoms with E-state index in [0.717, 1.165) is 25.7 Å². The highest BCUT2D eigenvalue weighted by atomic mass is 28.4. The molecule has 214 valence electrons. The van der Waals surface area contributed by atoms with Crippen LogP contribution >= 0.6 is 0 Å². The minimum Gasteiger partial charge on any atom is -0.454 e.